The molecule has 2 rings (SSSR count). The molecule has 0 spiro atoms. The maximum atomic E-state index is 11.1. The summed E-state index contributed by atoms with van der Waals surface area (Å²) in [4.78, 5) is 6.04. The SMILES string of the molecule is CCN(CCCOS(=O)(=O)OC)c1ccc(N=Nc2ncns2)cc1. The molecule has 2 aromatic rings. The van der Waals surface area contributed by atoms with Gasteiger partial charge in [0, 0.05) is 30.3 Å². The van der Waals surface area contributed by atoms with Crippen LogP contribution in [0, 0.1) is 0 Å². The van der Waals surface area contributed by atoms with Gasteiger partial charge in [-0.25, -0.2) is 9.17 Å². The van der Waals surface area contributed by atoms with Crippen LogP contribution in [0.25, 0.3) is 0 Å². The summed E-state index contributed by atoms with van der Waals surface area (Å²) in [7, 11) is -2.80. The van der Waals surface area contributed by atoms with Crippen molar-refractivity contribution < 1.29 is 16.8 Å². The summed E-state index contributed by atoms with van der Waals surface area (Å²) in [5.74, 6) is 0. The summed E-state index contributed by atoms with van der Waals surface area (Å²) in [6, 6.07) is 7.58. The molecule has 0 bridgehead atoms. The fourth-order valence-corrected chi connectivity index (χ4v) is 2.75. The zero-order valence-corrected chi connectivity index (χ0v) is 15.5. The first-order chi connectivity index (χ1) is 12.0. The molecule has 0 aliphatic rings. The number of rotatable bonds is 10. The second-order valence-corrected chi connectivity index (χ2v) is 6.91. The molecular weight excluding hydrogens is 366 g/mol. The third kappa shape index (κ3) is 6.46. The van der Waals surface area contributed by atoms with Gasteiger partial charge >= 0.3 is 10.4 Å². The third-order valence-corrected chi connectivity index (χ3v) is 4.62. The van der Waals surface area contributed by atoms with Gasteiger partial charge < -0.3 is 4.90 Å². The molecule has 1 aromatic carbocycles. The minimum Gasteiger partial charge on any atom is -0.372 e. The molecule has 0 aliphatic heterocycles. The van der Waals surface area contributed by atoms with E-state index in [-0.39, 0.29) is 6.61 Å². The lowest BCUT2D eigenvalue weighted by Crippen LogP contribution is -2.25. The smallest absolute Gasteiger partial charge is 0.372 e. The van der Waals surface area contributed by atoms with Gasteiger partial charge in [0.2, 0.25) is 5.13 Å². The van der Waals surface area contributed by atoms with E-state index in [0.29, 0.717) is 23.8 Å². The molecule has 0 N–H and O–H groups in total. The van der Waals surface area contributed by atoms with Gasteiger partial charge in [-0.3, -0.25) is 4.18 Å². The molecule has 0 atom stereocenters. The second-order valence-electron chi connectivity index (χ2n) is 4.77. The van der Waals surface area contributed by atoms with Crippen LogP contribution < -0.4 is 4.90 Å². The average Bonchev–Trinajstić information content (AvgIpc) is 3.14. The highest BCUT2D eigenvalue weighted by Gasteiger charge is 2.09. The maximum Gasteiger partial charge on any atom is 0.399 e. The minimum atomic E-state index is -3.87. The molecule has 0 aliphatic carbocycles. The molecule has 9 nitrogen and oxygen atoms in total. The van der Waals surface area contributed by atoms with Gasteiger partial charge in [0.05, 0.1) is 19.4 Å². The Hall–Kier alpha value is -1.95. The van der Waals surface area contributed by atoms with Gasteiger partial charge in [0.25, 0.3) is 0 Å². The first kappa shape index (κ1) is 19.4. The highest BCUT2D eigenvalue weighted by Crippen LogP contribution is 2.22. The van der Waals surface area contributed by atoms with Crippen LogP contribution in [0.3, 0.4) is 0 Å². The zero-order valence-electron chi connectivity index (χ0n) is 13.9. The summed E-state index contributed by atoms with van der Waals surface area (Å²) < 4.78 is 34.9. The van der Waals surface area contributed by atoms with Crippen LogP contribution >= 0.6 is 11.5 Å². The van der Waals surface area contributed by atoms with E-state index in [1.165, 1.54) is 17.9 Å². The second kappa shape index (κ2) is 9.51. The first-order valence-corrected chi connectivity index (χ1v) is 9.63. The van der Waals surface area contributed by atoms with Crippen LogP contribution in [0.4, 0.5) is 16.5 Å². The largest absolute Gasteiger partial charge is 0.399 e. The number of benzene rings is 1. The Bertz CT molecular complexity index is 763. The minimum absolute atomic E-state index is 0.0703. The van der Waals surface area contributed by atoms with Crippen LogP contribution in [0.2, 0.25) is 0 Å². The van der Waals surface area contributed by atoms with E-state index >= 15 is 0 Å². The monoisotopic (exact) mass is 385 g/mol. The summed E-state index contributed by atoms with van der Waals surface area (Å²) in [6.45, 7) is 3.53. The van der Waals surface area contributed by atoms with Crippen molar-refractivity contribution >= 4 is 38.4 Å². The van der Waals surface area contributed by atoms with Gasteiger partial charge in [0.1, 0.15) is 6.33 Å². The fraction of sp³-hybridized carbons (Fsp3) is 0.429. The Balaban J connectivity index is 1.87. The molecule has 0 unspecified atom stereocenters. The van der Waals surface area contributed by atoms with Gasteiger partial charge in [-0.15, -0.1) is 10.2 Å². The van der Waals surface area contributed by atoms with Gasteiger partial charge in [0.15, 0.2) is 0 Å². The molecule has 0 amide bonds. The predicted molar refractivity (Wildman–Crippen MR) is 94.9 cm³/mol. The van der Waals surface area contributed by atoms with Crippen molar-refractivity contribution in [3.8, 4) is 0 Å². The Morgan fingerprint density at radius 1 is 1.24 bits per heavy atom. The number of azo groups is 1. The molecule has 0 fully saturated rings. The lowest BCUT2D eigenvalue weighted by Gasteiger charge is -2.23. The number of aromatic nitrogens is 2. The lowest BCUT2D eigenvalue weighted by molar-refractivity contribution is 0.241. The molecule has 1 aromatic heterocycles. The van der Waals surface area contributed by atoms with Crippen LogP contribution in [0.5, 0.6) is 0 Å². The van der Waals surface area contributed by atoms with E-state index in [1.807, 2.05) is 31.2 Å². The highest BCUT2D eigenvalue weighted by atomic mass is 32.3. The van der Waals surface area contributed by atoms with Crippen molar-refractivity contribution in [3.63, 3.8) is 0 Å². The Morgan fingerprint density at radius 2 is 2.00 bits per heavy atom. The van der Waals surface area contributed by atoms with Crippen molar-refractivity contribution in [2.45, 2.75) is 13.3 Å². The van der Waals surface area contributed by atoms with Crippen LogP contribution in [-0.4, -0.2) is 44.6 Å². The van der Waals surface area contributed by atoms with E-state index in [0.717, 1.165) is 19.3 Å². The topological polar surface area (TPSA) is 106 Å². The van der Waals surface area contributed by atoms with Gasteiger partial charge in [-0.1, -0.05) is 0 Å². The highest BCUT2D eigenvalue weighted by molar-refractivity contribution is 7.81. The van der Waals surface area contributed by atoms with Crippen LogP contribution in [0.1, 0.15) is 13.3 Å². The Kier molecular flexibility index (Phi) is 7.37. The van der Waals surface area contributed by atoms with Crippen LogP contribution in [0.15, 0.2) is 40.8 Å². The molecule has 0 saturated carbocycles. The fourth-order valence-electron chi connectivity index (χ4n) is 1.98. The van der Waals surface area contributed by atoms with E-state index < -0.39 is 10.4 Å². The third-order valence-electron chi connectivity index (χ3n) is 3.20. The maximum absolute atomic E-state index is 11.1. The molecule has 136 valence electrons. The van der Waals surface area contributed by atoms with E-state index in [2.05, 4.69) is 32.9 Å². The van der Waals surface area contributed by atoms with Crippen molar-refractivity contribution in [1.29, 1.82) is 0 Å². The summed E-state index contributed by atoms with van der Waals surface area (Å²) >= 11 is 1.17. The molecule has 0 saturated heterocycles. The van der Waals surface area contributed by atoms with Gasteiger partial charge in [-0.05, 0) is 37.6 Å². The van der Waals surface area contributed by atoms with E-state index in [9.17, 15) is 8.42 Å². The summed E-state index contributed by atoms with van der Waals surface area (Å²) in [5, 5.41) is 8.60. The molecular formula is C14H19N5O4S2. The van der Waals surface area contributed by atoms with Crippen molar-refractivity contribution in [3.05, 3.63) is 30.6 Å². The average molecular weight is 385 g/mol. The predicted octanol–water partition coefficient (Wildman–Crippen LogP) is 3.08. The number of nitrogens with zero attached hydrogens (tertiary/aromatic N) is 5. The van der Waals surface area contributed by atoms with E-state index in [1.54, 1.807) is 0 Å². The standard InChI is InChI=1S/C14H19N5O4S2/c1-3-19(9-4-10-23-25(20,21)22-2)13-7-5-12(6-8-13)17-18-14-15-11-16-24-14/h5-8,11H,3-4,9-10H2,1-2H3. The van der Waals surface area contributed by atoms with Crippen molar-refractivity contribution in [1.82, 2.24) is 9.36 Å². The Labute approximate surface area is 150 Å². The van der Waals surface area contributed by atoms with Crippen molar-refractivity contribution in [2.24, 2.45) is 10.2 Å². The van der Waals surface area contributed by atoms with Crippen molar-refractivity contribution in [2.75, 3.05) is 31.7 Å². The quantitative estimate of drug-likeness (QED) is 0.457. The number of anilines is 1. The summed E-state index contributed by atoms with van der Waals surface area (Å²) in [5.41, 5.74) is 1.72. The van der Waals surface area contributed by atoms with Gasteiger partial charge in [-0.2, -0.15) is 12.8 Å². The molecule has 0 radical (unpaired) electrons. The normalized spacial score (nSPS) is 11.9. The molecule has 25 heavy (non-hydrogen) atoms. The zero-order chi connectivity index (χ0) is 18.1. The first-order valence-electron chi connectivity index (χ1n) is 7.52. The summed E-state index contributed by atoms with van der Waals surface area (Å²) in [6.07, 6.45) is 1.98. The Morgan fingerprint density at radius 3 is 2.60 bits per heavy atom. The van der Waals surface area contributed by atoms with E-state index in [4.69, 9.17) is 0 Å². The lowest BCUT2D eigenvalue weighted by atomic mass is 10.2. The number of hydrogen-bond donors (Lipinski definition) is 0. The number of hydrogen-bond acceptors (Lipinski definition) is 10. The molecule has 11 heteroatoms. The van der Waals surface area contributed by atoms with Crippen LogP contribution in [-0.2, 0) is 18.8 Å². The molecule has 1 heterocycles.